The number of aliphatic hydroxyl groups excluding tert-OH is 5. The first-order chi connectivity index (χ1) is 63.6. The van der Waals surface area contributed by atoms with Crippen molar-refractivity contribution in [3.05, 3.63) is 65.7 Å². The van der Waals surface area contributed by atoms with Crippen molar-refractivity contribution in [2.45, 2.75) is 438 Å². The molecule has 139 heavy (non-hydrogen) atoms. The molecule has 11 N–H and O–H groups in total. The molecule has 2 aromatic carbocycles. The van der Waals surface area contributed by atoms with Crippen molar-refractivity contribution in [3.8, 4) is 11.5 Å². The first-order valence-electron chi connectivity index (χ1n) is 52.4. The molecular formula is C111H209N8O19P. The molecule has 2 amide bonds. The number of fused-ring (bicyclic) bond motifs is 5. The SMILES string of the molecule is CC(C)(C)CCCNC(=O)C(O)COC(C)(C)C.CC(C)(C)N[C@@H](Cc1ccc(O)cc1)C(=O)NCCOC(C)(C)C.CC(C)(C)OCCC12CCC1(CO)CN(C(C)(C)C)C2.CC(C)OCC12CC=CCC1(CO)CN(C(C)(C)C)C2.CC(C)OCC1C(CO)C2CCC1N2C(C)(C)C.CC(C)OCC1Cc2cc(O)ccc2N1C(C)(C)C.CC(C)OCCOP(=O)(CCNC(C)(C)C)OCCO. The molecule has 2 aliphatic carbocycles. The number of carbonyl (C=O) groups excluding carboxylic acids is 2. The molecule has 5 fully saturated rings. The predicted molar refractivity (Wildman–Crippen MR) is 569 cm³/mol. The van der Waals surface area contributed by atoms with E-state index in [1.165, 1.54) is 36.9 Å². The number of rotatable bonds is 39. The second-order valence-corrected chi connectivity index (χ2v) is 53.7. The number of nitrogens with one attached hydrogen (secondary N) is 4. The van der Waals surface area contributed by atoms with Gasteiger partial charge in [-0.25, -0.2) is 0 Å². The van der Waals surface area contributed by atoms with Crippen LogP contribution in [0.2, 0.25) is 0 Å². The number of hydrogen-bond donors (Lipinski definition) is 11. The Morgan fingerprint density at radius 2 is 0.993 bits per heavy atom. The first-order valence-corrected chi connectivity index (χ1v) is 54.1. The highest BCUT2D eigenvalue weighted by Gasteiger charge is 2.65. The maximum atomic E-state index is 12.5. The van der Waals surface area contributed by atoms with Gasteiger partial charge in [0.25, 0.3) is 5.91 Å². The Hall–Kier alpha value is -4.01. The molecule has 9 rings (SSSR count). The van der Waals surface area contributed by atoms with Crippen molar-refractivity contribution in [1.82, 2.24) is 36.0 Å². The third-order valence-electron chi connectivity index (χ3n) is 26.8. The normalized spacial score (nSPS) is 23.8. The smallest absolute Gasteiger partial charge is 0.332 e. The molecule has 1 saturated carbocycles. The molecule has 7 aliphatic rings. The number of phenolic OH excluding ortho intramolecular Hbond substituents is 2. The van der Waals surface area contributed by atoms with Gasteiger partial charge in [0.15, 0.2) is 6.10 Å². The van der Waals surface area contributed by atoms with Crippen LogP contribution >= 0.6 is 7.60 Å². The minimum atomic E-state index is -3.18. The zero-order chi connectivity index (χ0) is 106. The maximum absolute atomic E-state index is 12.5. The Morgan fingerprint density at radius 1 is 0.504 bits per heavy atom. The second kappa shape index (κ2) is 55.8. The van der Waals surface area contributed by atoms with Crippen molar-refractivity contribution >= 4 is 25.1 Å². The van der Waals surface area contributed by atoms with Crippen LogP contribution in [-0.2, 0) is 69.2 Å². The van der Waals surface area contributed by atoms with E-state index in [-0.39, 0.29) is 164 Å². The minimum Gasteiger partial charge on any atom is -0.508 e. The molecule has 4 saturated heterocycles. The fraction of sp³-hybridized carbons (Fsp3) is 0.856. The lowest BCUT2D eigenvalue weighted by Gasteiger charge is -2.54. The van der Waals surface area contributed by atoms with Gasteiger partial charge in [0.1, 0.15) is 11.5 Å². The van der Waals surface area contributed by atoms with Gasteiger partial charge in [-0.15, -0.1) is 0 Å². The van der Waals surface area contributed by atoms with Crippen molar-refractivity contribution in [1.29, 1.82) is 0 Å². The molecule has 5 heterocycles. The van der Waals surface area contributed by atoms with E-state index in [2.05, 4.69) is 219 Å². The largest absolute Gasteiger partial charge is 0.508 e. The summed E-state index contributed by atoms with van der Waals surface area (Å²) in [6.07, 6.45) is 16.1. The van der Waals surface area contributed by atoms with E-state index in [0.717, 1.165) is 96.7 Å². The highest BCUT2D eigenvalue weighted by molar-refractivity contribution is 7.53. The van der Waals surface area contributed by atoms with Crippen molar-refractivity contribution in [3.63, 3.8) is 0 Å². The van der Waals surface area contributed by atoms with Gasteiger partial charge in [-0.3, -0.25) is 28.9 Å². The molecule has 0 aromatic heterocycles. The third-order valence-corrected chi connectivity index (χ3v) is 28.7. The van der Waals surface area contributed by atoms with Gasteiger partial charge in [-0.1, -0.05) is 45.1 Å². The van der Waals surface area contributed by atoms with Crippen LogP contribution in [0.4, 0.5) is 5.69 Å². The van der Waals surface area contributed by atoms with Crippen LogP contribution in [0.3, 0.4) is 0 Å². The molecular weight excluding hydrogens is 1780 g/mol. The Labute approximate surface area is 846 Å². The van der Waals surface area contributed by atoms with Crippen LogP contribution < -0.4 is 26.2 Å². The summed E-state index contributed by atoms with van der Waals surface area (Å²) in [4.78, 5) is 34.2. The van der Waals surface area contributed by atoms with Gasteiger partial charge < -0.3 is 104 Å². The Bertz CT molecular complexity index is 3890. The van der Waals surface area contributed by atoms with Gasteiger partial charge >= 0.3 is 7.60 Å². The number of allylic oxidation sites excluding steroid dienone is 2. The molecule has 12 atom stereocenters. The van der Waals surface area contributed by atoms with E-state index < -0.39 is 13.7 Å². The van der Waals surface area contributed by atoms with Crippen molar-refractivity contribution < 1.29 is 92.1 Å². The highest BCUT2D eigenvalue weighted by Crippen LogP contribution is 2.64. The Kier molecular flexibility index (Phi) is 51.9. The van der Waals surface area contributed by atoms with Crippen LogP contribution in [0.15, 0.2) is 54.6 Å². The lowest BCUT2D eigenvalue weighted by atomic mass is 9.50. The number of carbonyl (C=O) groups is 2. The number of anilines is 1. The van der Waals surface area contributed by atoms with Gasteiger partial charge in [-0.05, 0) is 365 Å². The van der Waals surface area contributed by atoms with Gasteiger partial charge in [0.2, 0.25) is 5.91 Å². The number of nitrogens with zero attached hydrogens (tertiary/aromatic N) is 4. The molecule has 0 radical (unpaired) electrons. The number of phenols is 2. The van der Waals surface area contributed by atoms with Crippen LogP contribution in [0.25, 0.3) is 0 Å². The molecule has 2 aromatic rings. The van der Waals surface area contributed by atoms with Gasteiger partial charge in [0.05, 0.1) is 132 Å². The summed E-state index contributed by atoms with van der Waals surface area (Å²) in [7, 11) is -3.18. The number of benzene rings is 2. The predicted octanol–water partition coefficient (Wildman–Crippen LogP) is 18.3. The molecule has 812 valence electrons. The number of ether oxygens (including phenoxy) is 7. The zero-order valence-corrected chi connectivity index (χ0v) is 95.8. The molecule has 28 heteroatoms. The standard InChI is InChI=1S/C19H32N2O3.C17H33NO2.C17H31NO2.C16H25NO2.C15H29NO2.C14H29NO3.C13H30NO5P/c1-18(2,3)21-16(13-14-7-9-15(22)10-8-14)17(23)20-11-12-24-19(4,5)6;1-14(2,3)18-11-16(9-10-20-15(4,5)6)7-8-17(16,12-18)13-19;1-14(2)20-13-17-9-7-6-8-16(17,12-19)10-18(11-17)15(3,4)5;1-11(2)19-10-13-8-12-9-14(18)6-7-15(12)17(13)16(3,4)5;1-10(2)18-9-12-11(8-17)13-6-7-14(12)16(13)15(3,4)5;1-13(2,3)8-7-9-15-12(17)11(16)10-18-14(4,5)6;1-12(2)17-9-10-19-20(16,18-8-7-15)11-6-14-13(3,4)5/h7-10,16,21-22H,11-13H2,1-6H3,(H,20,23);19H,7-13H2,1-6H3;6-7,14,19H,8-13H2,1-5H3;6-7,9,11,13,18H,8,10H2,1-5H3;10-14,17H,6-9H2,1-5H3;11,16H,7-10H2,1-6H3,(H,15,17);12,14-15H,6-11H2,1-5H3/t16-;;;;;;/m0....../s1. The average Bonchev–Trinajstić information content (AvgIpc) is 1.54. The van der Waals surface area contributed by atoms with Crippen LogP contribution in [0.5, 0.6) is 11.5 Å². The number of aromatic hydroxyl groups is 2. The molecule has 2 bridgehead atoms. The minimum absolute atomic E-state index is 0.0117. The molecule has 0 spiro atoms. The number of likely N-dealkylation sites (tertiary alicyclic amines) is 2. The monoisotopic (exact) mass is 1990 g/mol. The van der Waals surface area contributed by atoms with E-state index in [1.807, 2.05) is 121 Å². The van der Waals surface area contributed by atoms with Crippen LogP contribution in [0, 0.1) is 38.9 Å². The number of aliphatic hydroxyl groups is 5. The fourth-order valence-corrected chi connectivity index (χ4v) is 20.9. The second-order valence-electron chi connectivity index (χ2n) is 51.5. The van der Waals surface area contributed by atoms with Crippen molar-refractivity contribution in [2.75, 3.05) is 143 Å². The summed E-state index contributed by atoms with van der Waals surface area (Å²) in [6.45, 7) is 90.8. The van der Waals surface area contributed by atoms with E-state index in [9.17, 15) is 44.8 Å². The maximum Gasteiger partial charge on any atom is 0.332 e. The number of hydrogen-bond acceptors (Lipinski definition) is 25. The zero-order valence-electron chi connectivity index (χ0n) is 94.9. The van der Waals surface area contributed by atoms with E-state index in [0.29, 0.717) is 88.2 Å². The highest BCUT2D eigenvalue weighted by atomic mass is 31.2. The fourth-order valence-electron chi connectivity index (χ4n) is 19.5. The third kappa shape index (κ3) is 45.7. The summed E-state index contributed by atoms with van der Waals surface area (Å²) in [5.74, 6) is 1.08. The summed E-state index contributed by atoms with van der Waals surface area (Å²) < 4.78 is 62.9. The Balaban J connectivity index is 0.000000418. The topological polar surface area (TPSA) is 337 Å². The number of amides is 2. The quantitative estimate of drug-likeness (QED) is 0.0168. The summed E-state index contributed by atoms with van der Waals surface area (Å²) in [5.41, 5.74) is 3.88. The summed E-state index contributed by atoms with van der Waals surface area (Å²) in [5, 5.41) is 79.5. The average molecular weight is 1990 g/mol. The van der Waals surface area contributed by atoms with Crippen molar-refractivity contribution in [2.24, 2.45) is 38.9 Å². The molecule has 27 nitrogen and oxygen atoms in total. The van der Waals surface area contributed by atoms with Crippen LogP contribution in [-0.4, -0.2) is 305 Å². The molecule has 11 unspecified atom stereocenters. The van der Waals surface area contributed by atoms with Gasteiger partial charge in [0, 0.05) is 138 Å². The Morgan fingerprint density at radius 3 is 1.47 bits per heavy atom. The van der Waals surface area contributed by atoms with E-state index in [4.69, 9.17) is 47.3 Å². The van der Waals surface area contributed by atoms with E-state index in [1.54, 1.807) is 18.2 Å². The van der Waals surface area contributed by atoms with E-state index >= 15 is 0 Å². The van der Waals surface area contributed by atoms with Crippen LogP contribution in [0.1, 0.15) is 332 Å². The van der Waals surface area contributed by atoms with Gasteiger partial charge in [-0.2, -0.15) is 0 Å². The first kappa shape index (κ1) is 129. The molecule has 5 aliphatic heterocycles. The summed E-state index contributed by atoms with van der Waals surface area (Å²) in [6, 6.07) is 13.8. The summed E-state index contributed by atoms with van der Waals surface area (Å²) >= 11 is 0. The lowest BCUT2D eigenvalue weighted by Crippen LogP contribution is -2.53. The lowest BCUT2D eigenvalue weighted by molar-refractivity contribution is -0.135.